The van der Waals surface area contributed by atoms with Crippen molar-refractivity contribution in [3.05, 3.63) is 106 Å². The third kappa shape index (κ3) is 5.05. The van der Waals surface area contributed by atoms with E-state index in [1.165, 1.54) is 0 Å². The van der Waals surface area contributed by atoms with Gasteiger partial charge in [-0.1, -0.05) is 54.6 Å². The van der Waals surface area contributed by atoms with Crippen LogP contribution in [-0.2, 0) is 11.3 Å². The van der Waals surface area contributed by atoms with Crippen LogP contribution >= 0.6 is 11.6 Å². The molecule has 1 heterocycles. The molecule has 0 radical (unpaired) electrons. The molecule has 1 atom stereocenters. The minimum Gasteiger partial charge on any atom is -0.328 e. The number of amides is 1. The summed E-state index contributed by atoms with van der Waals surface area (Å²) >= 11 is 5.88. The van der Waals surface area contributed by atoms with Crippen molar-refractivity contribution in [2.75, 3.05) is 5.88 Å². The fourth-order valence-electron chi connectivity index (χ4n) is 4.17. The molecule has 0 spiro atoms. The zero-order valence-corrected chi connectivity index (χ0v) is 20.2. The molecule has 3 aromatic carbocycles. The minimum absolute atomic E-state index is 0.0183. The Balaban J connectivity index is 1.88. The monoisotopic (exact) mass is 473 g/mol. The van der Waals surface area contributed by atoms with Crippen molar-refractivity contribution < 1.29 is 4.79 Å². The standard InChI is InChI=1S/C28H28ClN3O2/c1-20-10-8-13-23(18-20)32-27(30-25-15-7-6-14-24(25)28(32)34)21(2)31(26(33)16-9-17-29)19-22-11-4-3-5-12-22/h3-8,10-15,18,21H,9,16-17,19H2,1-2H3. The van der Waals surface area contributed by atoms with Crippen LogP contribution in [0.2, 0.25) is 0 Å². The number of fused-ring (bicyclic) bond motifs is 1. The summed E-state index contributed by atoms with van der Waals surface area (Å²) in [7, 11) is 0. The molecule has 1 amide bonds. The van der Waals surface area contributed by atoms with Gasteiger partial charge < -0.3 is 4.90 Å². The van der Waals surface area contributed by atoms with Crippen LogP contribution in [-0.4, -0.2) is 26.2 Å². The van der Waals surface area contributed by atoms with Crippen LogP contribution in [0.3, 0.4) is 0 Å². The van der Waals surface area contributed by atoms with Gasteiger partial charge in [0.05, 0.1) is 22.6 Å². The molecule has 4 rings (SSSR count). The summed E-state index contributed by atoms with van der Waals surface area (Å²) in [6.45, 7) is 4.34. The van der Waals surface area contributed by atoms with Gasteiger partial charge >= 0.3 is 0 Å². The van der Waals surface area contributed by atoms with E-state index in [4.69, 9.17) is 16.6 Å². The molecule has 0 bridgehead atoms. The molecule has 34 heavy (non-hydrogen) atoms. The quantitative estimate of drug-likeness (QED) is 0.304. The van der Waals surface area contributed by atoms with Crippen molar-refractivity contribution >= 4 is 28.4 Å². The number of hydrogen-bond acceptors (Lipinski definition) is 3. The van der Waals surface area contributed by atoms with Gasteiger partial charge in [0.25, 0.3) is 5.56 Å². The van der Waals surface area contributed by atoms with Crippen molar-refractivity contribution in [3.8, 4) is 5.69 Å². The first-order chi connectivity index (χ1) is 16.5. The average molecular weight is 474 g/mol. The summed E-state index contributed by atoms with van der Waals surface area (Å²) in [4.78, 5) is 33.7. The number of aryl methyl sites for hydroxylation is 1. The predicted molar refractivity (Wildman–Crippen MR) is 137 cm³/mol. The van der Waals surface area contributed by atoms with Gasteiger partial charge in [0.15, 0.2) is 0 Å². The highest BCUT2D eigenvalue weighted by Crippen LogP contribution is 2.26. The lowest BCUT2D eigenvalue weighted by atomic mass is 10.1. The summed E-state index contributed by atoms with van der Waals surface area (Å²) in [6.07, 6.45) is 0.928. The Hall–Kier alpha value is -3.44. The first-order valence-corrected chi connectivity index (χ1v) is 12.0. The smallest absolute Gasteiger partial charge is 0.266 e. The molecule has 0 saturated heterocycles. The normalized spacial score (nSPS) is 12.0. The molecule has 1 unspecified atom stereocenters. The fraction of sp³-hybridized carbons (Fsp3) is 0.250. The fourth-order valence-corrected chi connectivity index (χ4v) is 4.30. The molecule has 0 aliphatic carbocycles. The Bertz CT molecular complexity index is 1350. The molecule has 0 aliphatic rings. The third-order valence-electron chi connectivity index (χ3n) is 5.94. The Morgan fingerprint density at radius 1 is 1.03 bits per heavy atom. The van der Waals surface area contributed by atoms with Crippen LogP contribution in [0.25, 0.3) is 16.6 Å². The highest BCUT2D eigenvalue weighted by atomic mass is 35.5. The van der Waals surface area contributed by atoms with E-state index < -0.39 is 6.04 Å². The molecule has 5 nitrogen and oxygen atoms in total. The minimum atomic E-state index is -0.444. The van der Waals surface area contributed by atoms with Crippen molar-refractivity contribution in [1.29, 1.82) is 0 Å². The molecule has 174 valence electrons. The molecular weight excluding hydrogens is 446 g/mol. The van der Waals surface area contributed by atoms with E-state index >= 15 is 0 Å². The van der Waals surface area contributed by atoms with Crippen LogP contribution in [0.15, 0.2) is 83.7 Å². The second-order valence-electron chi connectivity index (χ2n) is 8.44. The van der Waals surface area contributed by atoms with Crippen LogP contribution in [0.1, 0.15) is 42.8 Å². The topological polar surface area (TPSA) is 55.2 Å². The van der Waals surface area contributed by atoms with Crippen molar-refractivity contribution in [1.82, 2.24) is 14.5 Å². The lowest BCUT2D eigenvalue weighted by Crippen LogP contribution is -2.37. The number of rotatable bonds is 8. The molecule has 0 saturated carbocycles. The maximum Gasteiger partial charge on any atom is 0.266 e. The second kappa shape index (κ2) is 10.7. The number of carbonyl (C=O) groups excluding carboxylic acids is 1. The predicted octanol–water partition coefficient (Wildman–Crippen LogP) is 5.80. The largest absolute Gasteiger partial charge is 0.328 e. The Morgan fingerprint density at radius 2 is 1.76 bits per heavy atom. The van der Waals surface area contributed by atoms with E-state index in [0.717, 1.165) is 16.8 Å². The van der Waals surface area contributed by atoms with Crippen molar-refractivity contribution in [2.24, 2.45) is 0 Å². The van der Waals surface area contributed by atoms with Crippen LogP contribution < -0.4 is 5.56 Å². The molecule has 0 fully saturated rings. The van der Waals surface area contributed by atoms with Gasteiger partial charge in [0, 0.05) is 18.8 Å². The lowest BCUT2D eigenvalue weighted by molar-refractivity contribution is -0.134. The first-order valence-electron chi connectivity index (χ1n) is 11.5. The van der Waals surface area contributed by atoms with Crippen LogP contribution in [0.4, 0.5) is 0 Å². The average Bonchev–Trinajstić information content (AvgIpc) is 2.86. The first kappa shape index (κ1) is 23.7. The van der Waals surface area contributed by atoms with Gasteiger partial charge in [-0.3, -0.25) is 14.2 Å². The van der Waals surface area contributed by atoms with Gasteiger partial charge in [-0.2, -0.15) is 0 Å². The van der Waals surface area contributed by atoms with E-state index in [1.807, 2.05) is 86.6 Å². The molecule has 6 heteroatoms. The van der Waals surface area contributed by atoms with E-state index in [9.17, 15) is 9.59 Å². The maximum atomic E-state index is 13.7. The number of halogens is 1. The Morgan fingerprint density at radius 3 is 2.50 bits per heavy atom. The lowest BCUT2D eigenvalue weighted by Gasteiger charge is -2.31. The highest BCUT2D eigenvalue weighted by molar-refractivity contribution is 6.17. The number of nitrogens with zero attached hydrogens (tertiary/aromatic N) is 3. The SMILES string of the molecule is Cc1cccc(-n2c(C(C)N(Cc3ccccc3)C(=O)CCCCl)nc3ccccc3c2=O)c1. The van der Waals surface area contributed by atoms with E-state index in [0.29, 0.717) is 42.0 Å². The molecular formula is C28H28ClN3O2. The van der Waals surface area contributed by atoms with Gasteiger partial charge in [0.1, 0.15) is 5.82 Å². The number of para-hydroxylation sites is 1. The van der Waals surface area contributed by atoms with Crippen molar-refractivity contribution in [2.45, 2.75) is 39.3 Å². The number of carbonyl (C=O) groups is 1. The Labute approximate surface area is 204 Å². The van der Waals surface area contributed by atoms with E-state index in [1.54, 1.807) is 15.5 Å². The summed E-state index contributed by atoms with van der Waals surface area (Å²) < 4.78 is 1.65. The summed E-state index contributed by atoms with van der Waals surface area (Å²) in [6, 6.07) is 24.5. The summed E-state index contributed by atoms with van der Waals surface area (Å²) in [5, 5.41) is 0.544. The molecule has 0 N–H and O–H groups in total. The second-order valence-corrected chi connectivity index (χ2v) is 8.82. The molecule has 4 aromatic rings. The van der Waals surface area contributed by atoms with Crippen LogP contribution in [0.5, 0.6) is 0 Å². The van der Waals surface area contributed by atoms with Gasteiger partial charge in [-0.05, 0) is 55.7 Å². The molecule has 0 aliphatic heterocycles. The van der Waals surface area contributed by atoms with Crippen LogP contribution in [0, 0.1) is 6.92 Å². The third-order valence-corrected chi connectivity index (χ3v) is 6.21. The Kier molecular flexibility index (Phi) is 7.43. The highest BCUT2D eigenvalue weighted by Gasteiger charge is 2.27. The number of benzene rings is 3. The zero-order chi connectivity index (χ0) is 24.1. The van der Waals surface area contributed by atoms with Gasteiger partial charge in [0.2, 0.25) is 5.91 Å². The van der Waals surface area contributed by atoms with Gasteiger partial charge in [-0.25, -0.2) is 4.98 Å². The number of aromatic nitrogens is 2. The van der Waals surface area contributed by atoms with Crippen molar-refractivity contribution in [3.63, 3.8) is 0 Å². The zero-order valence-electron chi connectivity index (χ0n) is 19.4. The number of alkyl halides is 1. The van der Waals surface area contributed by atoms with E-state index in [-0.39, 0.29) is 11.5 Å². The molecule has 1 aromatic heterocycles. The van der Waals surface area contributed by atoms with Gasteiger partial charge in [-0.15, -0.1) is 11.6 Å². The summed E-state index contributed by atoms with van der Waals surface area (Å²) in [5.41, 5.74) is 3.25. The summed E-state index contributed by atoms with van der Waals surface area (Å²) in [5.74, 6) is 0.932. The maximum absolute atomic E-state index is 13.7. The van der Waals surface area contributed by atoms with E-state index in [2.05, 4.69) is 0 Å². The number of hydrogen-bond donors (Lipinski definition) is 0.